The van der Waals surface area contributed by atoms with Crippen molar-refractivity contribution in [2.24, 2.45) is 35.5 Å². The first-order chi connectivity index (χ1) is 63.6. The van der Waals surface area contributed by atoms with Crippen molar-refractivity contribution in [3.63, 3.8) is 0 Å². The summed E-state index contributed by atoms with van der Waals surface area (Å²) in [4.78, 5) is 169. The maximum absolute atomic E-state index is 15.0. The highest BCUT2D eigenvalue weighted by atomic mass is 16.7. The van der Waals surface area contributed by atoms with Crippen LogP contribution < -0.4 is 52.0 Å². The van der Waals surface area contributed by atoms with E-state index in [0.717, 1.165) is 0 Å². The molecule has 16 unspecified atom stereocenters. The van der Waals surface area contributed by atoms with Crippen LogP contribution in [0.25, 0.3) is 0 Å². The summed E-state index contributed by atoms with van der Waals surface area (Å²) >= 11 is 0. The van der Waals surface area contributed by atoms with Crippen molar-refractivity contribution in [2.45, 2.75) is 272 Å². The van der Waals surface area contributed by atoms with E-state index < -0.39 is 97.4 Å². The van der Waals surface area contributed by atoms with Crippen LogP contribution in [0.4, 0.5) is 0 Å². The summed E-state index contributed by atoms with van der Waals surface area (Å²) in [5.74, 6) is -3.19. The largest absolute Gasteiger partial charge is 0.497 e. The molecule has 6 rings (SSSR count). The maximum Gasteiger partial charge on any atom is 0.302 e. The number of hydrogen-bond acceptors (Lipinski definition) is 26. The van der Waals surface area contributed by atoms with Crippen LogP contribution in [0.15, 0.2) is 78.9 Å². The number of nitrogens with zero attached hydrogens (tertiary/aromatic N) is 2. The second-order valence-electron chi connectivity index (χ2n) is 34.9. The van der Waals surface area contributed by atoms with Crippen LogP contribution in [-0.4, -0.2) is 273 Å². The fourth-order valence-electron chi connectivity index (χ4n) is 16.4. The molecule has 3 fully saturated rings. The molecule has 36 nitrogen and oxygen atoms in total. The molecule has 0 aliphatic carbocycles. The van der Waals surface area contributed by atoms with E-state index in [1.165, 1.54) is 46.4 Å². The molecule has 0 aromatic heterocycles. The number of hydrogen-bond donors (Lipinski definition) is 9. The minimum absolute atomic E-state index is 0.0329. The fraction of sp³-hybridized carbons (Fsp3) is 0.680. The summed E-state index contributed by atoms with van der Waals surface area (Å²) in [5.41, 5.74) is 0.658. The van der Waals surface area contributed by atoms with Gasteiger partial charge in [-0.3, -0.25) is 62.3 Å². The SMILES string of the molecule is COc1ccc(C(OCC(O)C(=O)N(CCCCN(CCCNC(=O)CCCNC(=O)CCCCOC2OC(COC(C)=O)C(C)C(C)C2NC(C)=O)C(=O)CCCNC(=O)CCCCOC2OC(COC(C)=O)C(C)C(C)C2NC(C)=O)CCCNC(=O)CCCNC(=O)CCCCOC2OC(COC(C)=O)C(C)C(C)C2NC(C)=O)(c2ccccc2)c2ccc(OC)cc2)cc1. The van der Waals surface area contributed by atoms with Crippen LogP contribution in [0.2, 0.25) is 0 Å². The van der Waals surface area contributed by atoms with E-state index in [9.17, 15) is 67.4 Å². The molecular weight excluding hydrogens is 1720 g/mol. The second-order valence-corrected chi connectivity index (χ2v) is 34.9. The normalized spacial score (nSPS) is 21.8. The molecule has 3 aliphatic rings. The van der Waals surface area contributed by atoms with E-state index in [1.807, 2.05) is 96.1 Å². The number of aliphatic hydroxyl groups is 1. The Balaban J connectivity index is 1.07. The summed E-state index contributed by atoms with van der Waals surface area (Å²) in [6, 6.07) is 22.7. The van der Waals surface area contributed by atoms with E-state index in [-0.39, 0.29) is 232 Å². The number of nitrogens with one attached hydrogen (secondary N) is 8. The Kier molecular flexibility index (Phi) is 50.8. The van der Waals surface area contributed by atoms with Crippen molar-refractivity contribution < 1.29 is 124 Å². The highest BCUT2D eigenvalue weighted by Crippen LogP contribution is 2.43. The third-order valence-corrected chi connectivity index (χ3v) is 24.7. The Morgan fingerprint density at radius 2 is 0.669 bits per heavy atom. The zero-order valence-corrected chi connectivity index (χ0v) is 80.5. The van der Waals surface area contributed by atoms with Crippen LogP contribution in [0.5, 0.6) is 11.5 Å². The smallest absolute Gasteiger partial charge is 0.302 e. The van der Waals surface area contributed by atoms with E-state index >= 15 is 0 Å². The summed E-state index contributed by atoms with van der Waals surface area (Å²) in [6.07, 6.45) is 0.792. The van der Waals surface area contributed by atoms with Crippen LogP contribution in [0, 0.1) is 35.5 Å². The molecule has 36 heteroatoms. The second kappa shape index (κ2) is 60.4. The van der Waals surface area contributed by atoms with Crippen molar-refractivity contribution in [3.05, 3.63) is 95.6 Å². The number of benzene rings is 3. The lowest BCUT2D eigenvalue weighted by Crippen LogP contribution is -2.58. The summed E-state index contributed by atoms with van der Waals surface area (Å²) in [6.45, 7) is 22.2. The number of esters is 3. The highest BCUT2D eigenvalue weighted by molar-refractivity contribution is 5.82. The van der Waals surface area contributed by atoms with E-state index in [1.54, 1.807) is 43.4 Å². The quantitative estimate of drug-likeness (QED) is 0.0116. The highest BCUT2D eigenvalue weighted by Gasteiger charge is 2.47. The molecule has 10 amide bonds. The number of methoxy groups -OCH3 is 2. The number of carbonyl (C=O) groups excluding carboxylic acids is 13. The van der Waals surface area contributed by atoms with Gasteiger partial charge in [-0.25, -0.2) is 0 Å². The minimum Gasteiger partial charge on any atom is -0.497 e. The van der Waals surface area contributed by atoms with Crippen molar-refractivity contribution in [1.82, 2.24) is 52.3 Å². The topological polar surface area (TPSA) is 456 Å². The average molecular weight is 1870 g/mol. The van der Waals surface area contributed by atoms with E-state index in [0.29, 0.717) is 105 Å². The van der Waals surface area contributed by atoms with Gasteiger partial charge in [0.1, 0.15) is 36.9 Å². The van der Waals surface area contributed by atoms with Gasteiger partial charge in [-0.1, -0.05) is 96.1 Å². The fourth-order valence-corrected chi connectivity index (χ4v) is 16.4. The lowest BCUT2D eigenvalue weighted by atomic mass is 9.80. The summed E-state index contributed by atoms with van der Waals surface area (Å²) in [7, 11) is 3.13. The molecule has 133 heavy (non-hydrogen) atoms. The van der Waals surface area contributed by atoms with Crippen LogP contribution in [0.3, 0.4) is 0 Å². The minimum atomic E-state index is -1.71. The van der Waals surface area contributed by atoms with Gasteiger partial charge in [0.2, 0.25) is 53.2 Å². The third kappa shape index (κ3) is 39.5. The number of amides is 10. The Morgan fingerprint density at radius 1 is 0.368 bits per heavy atom. The lowest BCUT2D eigenvalue weighted by Gasteiger charge is -2.44. The lowest BCUT2D eigenvalue weighted by molar-refractivity contribution is -0.244. The number of rotatable bonds is 61. The van der Waals surface area contributed by atoms with Crippen molar-refractivity contribution in [2.75, 3.05) is 119 Å². The summed E-state index contributed by atoms with van der Waals surface area (Å²) < 4.78 is 70.7. The molecule has 3 saturated heterocycles. The first kappa shape index (κ1) is 112. The zero-order chi connectivity index (χ0) is 97.4. The Morgan fingerprint density at radius 3 is 1.00 bits per heavy atom. The molecule has 3 aromatic rings. The van der Waals surface area contributed by atoms with Gasteiger partial charge in [-0.2, -0.15) is 0 Å². The molecule has 9 N–H and O–H groups in total. The molecule has 3 aromatic carbocycles. The molecule has 0 saturated carbocycles. The van der Waals surface area contributed by atoms with Gasteiger partial charge in [-0.05, 0) is 160 Å². The molecule has 3 heterocycles. The van der Waals surface area contributed by atoms with Crippen molar-refractivity contribution in [1.29, 1.82) is 0 Å². The number of ether oxygens (including phenoxy) is 12. The average Bonchev–Trinajstić information content (AvgIpc) is 0.750. The predicted molar refractivity (Wildman–Crippen MR) is 492 cm³/mol. The van der Waals surface area contributed by atoms with Crippen molar-refractivity contribution >= 4 is 77.0 Å². The zero-order valence-electron chi connectivity index (χ0n) is 80.5. The third-order valence-electron chi connectivity index (χ3n) is 24.7. The van der Waals surface area contributed by atoms with Gasteiger partial charge < -0.3 is 114 Å². The maximum atomic E-state index is 15.0. The summed E-state index contributed by atoms with van der Waals surface area (Å²) in [5, 5.41) is 35.6. The van der Waals surface area contributed by atoms with Gasteiger partial charge >= 0.3 is 17.9 Å². The van der Waals surface area contributed by atoms with Gasteiger partial charge in [0, 0.05) is 159 Å². The standard InChI is InChI=1S/C97H150N10O26/c1-63-66(4)90(103-69(7)108)94(131-81(63)60-127-72(10)111)124-56-23-18-33-84(115)98-47-26-36-87(118)101-50-29-54-106(89(120)38-28-49-100-86(117)35-20-25-58-126-96-92(105-71(9)110)68(6)65(3)83(133-96)62-129-74(12)113)52-21-22-53-107(93(121)80(114)59-130-97(75-31-16-15-17-32-75,76-39-43-78(122-13)44-40-76)77-41-45-79(123-14)46-42-77)55-30-51-102-88(119)37-27-48-99-85(116)34-19-24-57-125-95-91(104-70(8)109)67(5)64(2)82(132-95)61-128-73(11)112/h15-17,31-32,39-46,63-68,80-83,90-92,94-96,114H,18-30,33-38,47-62H2,1-14H3,(H,98,115)(H,99,116)(H,100,117)(H,101,118)(H,102,119)(H,103,108)(H,104,109)(H,105,110). The number of unbranched alkanes of at least 4 members (excludes halogenated alkanes) is 4. The van der Waals surface area contributed by atoms with E-state index in [2.05, 4.69) is 42.5 Å². The van der Waals surface area contributed by atoms with Crippen LogP contribution in [-0.2, 0) is 115 Å². The first-order valence-electron chi connectivity index (χ1n) is 47.3. The number of aliphatic hydroxyl groups excluding tert-OH is 1. The molecule has 16 atom stereocenters. The molecule has 0 spiro atoms. The van der Waals surface area contributed by atoms with Gasteiger partial charge in [0.15, 0.2) is 25.0 Å². The molecule has 744 valence electrons. The van der Waals surface area contributed by atoms with Crippen LogP contribution >= 0.6 is 0 Å². The predicted octanol–water partition coefficient (Wildman–Crippen LogP) is 7.27. The van der Waals surface area contributed by atoms with Gasteiger partial charge in [-0.15, -0.1) is 0 Å². The van der Waals surface area contributed by atoms with Gasteiger partial charge in [0.25, 0.3) is 5.91 Å². The van der Waals surface area contributed by atoms with Gasteiger partial charge in [0.05, 0.1) is 57.3 Å². The number of carbonyl (C=O) groups is 13. The first-order valence-corrected chi connectivity index (χ1v) is 47.3. The Hall–Kier alpha value is -9.95. The Labute approximate surface area is 784 Å². The molecule has 0 bridgehead atoms. The van der Waals surface area contributed by atoms with Crippen molar-refractivity contribution in [3.8, 4) is 11.5 Å². The molecule has 3 aliphatic heterocycles. The van der Waals surface area contributed by atoms with Crippen LogP contribution in [0.1, 0.15) is 222 Å². The molecular formula is C97H150N10O26. The molecule has 0 radical (unpaired) electrons. The van der Waals surface area contributed by atoms with E-state index in [4.69, 9.17) is 56.8 Å². The Bertz CT molecular complexity index is 4020. The monoisotopic (exact) mass is 1870 g/mol.